The lowest BCUT2D eigenvalue weighted by Gasteiger charge is -2.11. The molecule has 0 radical (unpaired) electrons. The Hall–Kier alpha value is -2.86. The molecule has 1 heterocycles. The molecule has 0 aliphatic carbocycles. The van der Waals surface area contributed by atoms with Crippen LogP contribution in [0.15, 0.2) is 54.6 Å². The summed E-state index contributed by atoms with van der Waals surface area (Å²) >= 11 is 5.15. The van der Waals surface area contributed by atoms with E-state index < -0.39 is 0 Å². The first kappa shape index (κ1) is 15.1. The van der Waals surface area contributed by atoms with Gasteiger partial charge < -0.3 is 10.3 Å². The third-order valence-corrected chi connectivity index (χ3v) is 3.72. The first-order chi connectivity index (χ1) is 11.1. The number of benzene rings is 2. The Morgan fingerprint density at radius 1 is 1.00 bits per heavy atom. The number of carbonyl (C=O) groups is 1. The van der Waals surface area contributed by atoms with E-state index in [1.165, 1.54) is 0 Å². The highest BCUT2D eigenvalue weighted by molar-refractivity contribution is 7.80. The smallest absolute Gasteiger partial charge is 0.286 e. The summed E-state index contributed by atoms with van der Waals surface area (Å²) in [6.45, 7) is 1.91. The Morgan fingerprint density at radius 2 is 1.70 bits per heavy atom. The Morgan fingerprint density at radius 3 is 2.43 bits per heavy atom. The summed E-state index contributed by atoms with van der Waals surface area (Å²) in [5.41, 5.74) is 8.50. The second-order valence-electron chi connectivity index (χ2n) is 5.07. The molecule has 0 saturated heterocycles. The Balaban J connectivity index is 1.64. The number of nitrogens with one attached hydrogen (secondary N) is 4. The van der Waals surface area contributed by atoms with Crippen molar-refractivity contribution in [3.05, 3.63) is 65.9 Å². The second-order valence-corrected chi connectivity index (χ2v) is 5.48. The van der Waals surface area contributed by atoms with Crippen LogP contribution in [0.2, 0.25) is 0 Å². The molecule has 0 aliphatic heterocycles. The summed E-state index contributed by atoms with van der Waals surface area (Å²) < 4.78 is 0. The fraction of sp³-hybridized carbons (Fsp3) is 0.0588. The molecule has 23 heavy (non-hydrogen) atoms. The first-order valence-corrected chi connectivity index (χ1v) is 7.55. The predicted octanol–water partition coefficient (Wildman–Crippen LogP) is 3.11. The van der Waals surface area contributed by atoms with Crippen molar-refractivity contribution in [3.63, 3.8) is 0 Å². The summed E-state index contributed by atoms with van der Waals surface area (Å²) in [5, 5.41) is 4.33. The number of aromatic nitrogens is 1. The first-order valence-electron chi connectivity index (χ1n) is 7.15. The van der Waals surface area contributed by atoms with Gasteiger partial charge in [-0.2, -0.15) is 0 Å². The Labute approximate surface area is 139 Å². The molecule has 5 nitrogen and oxygen atoms in total. The maximum Gasteiger partial charge on any atom is 0.286 e. The molecule has 116 valence electrons. The molecule has 0 spiro atoms. The third kappa shape index (κ3) is 3.32. The number of para-hydroxylation sites is 2. The number of aromatic amines is 1. The maximum absolute atomic E-state index is 12.3. The number of aryl methyl sites for hydroxylation is 1. The zero-order valence-electron chi connectivity index (χ0n) is 12.5. The van der Waals surface area contributed by atoms with E-state index in [1.807, 2.05) is 61.5 Å². The van der Waals surface area contributed by atoms with Crippen molar-refractivity contribution in [2.75, 3.05) is 5.32 Å². The Kier molecular flexibility index (Phi) is 4.25. The van der Waals surface area contributed by atoms with Crippen LogP contribution in [0.3, 0.4) is 0 Å². The van der Waals surface area contributed by atoms with Gasteiger partial charge in [-0.25, -0.2) is 0 Å². The molecule has 0 saturated carbocycles. The minimum atomic E-state index is -0.268. The van der Waals surface area contributed by atoms with Crippen LogP contribution >= 0.6 is 12.2 Å². The zero-order chi connectivity index (χ0) is 16.2. The van der Waals surface area contributed by atoms with E-state index in [0.717, 1.165) is 22.2 Å². The molecule has 3 aromatic rings. The van der Waals surface area contributed by atoms with Gasteiger partial charge in [0, 0.05) is 16.6 Å². The maximum atomic E-state index is 12.3. The number of hydrogen-bond acceptors (Lipinski definition) is 2. The van der Waals surface area contributed by atoms with Gasteiger partial charge in [-0.3, -0.25) is 15.6 Å². The number of hydrazine groups is 1. The van der Waals surface area contributed by atoms with Gasteiger partial charge in [-0.1, -0.05) is 36.4 Å². The largest absolute Gasteiger partial charge is 0.350 e. The van der Waals surface area contributed by atoms with Gasteiger partial charge in [0.1, 0.15) is 5.69 Å². The molecule has 4 N–H and O–H groups in total. The molecule has 0 unspecified atom stereocenters. The SMILES string of the molecule is Cc1c(C(=O)NNC(=S)Nc2ccccc2)[nH]c2ccccc12. The number of thiocarbonyl (C=S) groups is 1. The normalized spacial score (nSPS) is 10.3. The second kappa shape index (κ2) is 6.50. The van der Waals surface area contributed by atoms with E-state index in [2.05, 4.69) is 21.2 Å². The molecule has 1 aromatic heterocycles. The highest BCUT2D eigenvalue weighted by Crippen LogP contribution is 2.20. The molecule has 0 atom stereocenters. The fourth-order valence-electron chi connectivity index (χ4n) is 2.37. The highest BCUT2D eigenvalue weighted by Gasteiger charge is 2.14. The van der Waals surface area contributed by atoms with Gasteiger partial charge in [-0.05, 0) is 42.9 Å². The lowest BCUT2D eigenvalue weighted by atomic mass is 10.1. The Bertz CT molecular complexity index is 857. The van der Waals surface area contributed by atoms with Crippen LogP contribution < -0.4 is 16.2 Å². The van der Waals surface area contributed by atoms with Crippen molar-refractivity contribution in [2.45, 2.75) is 6.92 Å². The van der Waals surface area contributed by atoms with Crippen molar-refractivity contribution >= 4 is 39.8 Å². The van der Waals surface area contributed by atoms with Gasteiger partial charge in [0.2, 0.25) is 0 Å². The van der Waals surface area contributed by atoms with Crippen LogP contribution in [-0.2, 0) is 0 Å². The molecule has 6 heteroatoms. The van der Waals surface area contributed by atoms with Crippen LogP contribution in [0.5, 0.6) is 0 Å². The van der Waals surface area contributed by atoms with Crippen LogP contribution in [0.1, 0.15) is 16.1 Å². The van der Waals surface area contributed by atoms with E-state index in [9.17, 15) is 4.79 Å². The predicted molar refractivity (Wildman–Crippen MR) is 96.3 cm³/mol. The summed E-state index contributed by atoms with van der Waals surface area (Å²) in [6.07, 6.45) is 0. The monoisotopic (exact) mass is 324 g/mol. The van der Waals surface area contributed by atoms with Crippen molar-refractivity contribution < 1.29 is 4.79 Å². The van der Waals surface area contributed by atoms with Gasteiger partial charge in [0.25, 0.3) is 5.91 Å². The quantitative estimate of drug-likeness (QED) is 0.432. The van der Waals surface area contributed by atoms with Crippen molar-refractivity contribution in [1.29, 1.82) is 0 Å². The van der Waals surface area contributed by atoms with Crippen LogP contribution in [0.4, 0.5) is 5.69 Å². The highest BCUT2D eigenvalue weighted by atomic mass is 32.1. The van der Waals surface area contributed by atoms with E-state index in [-0.39, 0.29) is 5.91 Å². The molecule has 0 aliphatic rings. The van der Waals surface area contributed by atoms with Crippen LogP contribution in [-0.4, -0.2) is 16.0 Å². The average Bonchev–Trinajstić information content (AvgIpc) is 2.91. The number of H-pyrrole nitrogens is 1. The van der Waals surface area contributed by atoms with Crippen molar-refractivity contribution in [1.82, 2.24) is 15.8 Å². The molecular weight excluding hydrogens is 308 g/mol. The number of amides is 1. The van der Waals surface area contributed by atoms with Gasteiger partial charge in [0.05, 0.1) is 0 Å². The van der Waals surface area contributed by atoms with Gasteiger partial charge in [-0.15, -0.1) is 0 Å². The standard InChI is InChI=1S/C17H16N4OS/c1-11-13-9-5-6-10-14(13)19-15(11)16(22)20-21-17(23)18-12-7-3-2-4-8-12/h2-10,19H,1H3,(H,20,22)(H2,18,21,23). The van der Waals surface area contributed by atoms with Crippen molar-refractivity contribution in [2.24, 2.45) is 0 Å². The lowest BCUT2D eigenvalue weighted by Crippen LogP contribution is -2.44. The fourth-order valence-corrected chi connectivity index (χ4v) is 2.54. The molecule has 2 aromatic carbocycles. The van der Waals surface area contributed by atoms with E-state index in [1.54, 1.807) is 0 Å². The summed E-state index contributed by atoms with van der Waals surface area (Å²) in [7, 11) is 0. The summed E-state index contributed by atoms with van der Waals surface area (Å²) in [5.74, 6) is -0.268. The molecule has 0 bridgehead atoms. The minimum Gasteiger partial charge on any atom is -0.350 e. The molecule has 0 fully saturated rings. The minimum absolute atomic E-state index is 0.268. The molecule has 3 rings (SSSR count). The number of fused-ring (bicyclic) bond motifs is 1. The van der Waals surface area contributed by atoms with Gasteiger partial charge >= 0.3 is 0 Å². The van der Waals surface area contributed by atoms with Gasteiger partial charge in [0.15, 0.2) is 5.11 Å². The third-order valence-electron chi connectivity index (χ3n) is 3.51. The molecular formula is C17H16N4OS. The van der Waals surface area contributed by atoms with E-state index >= 15 is 0 Å². The average molecular weight is 324 g/mol. The molecule has 1 amide bonds. The topological polar surface area (TPSA) is 69.0 Å². The van der Waals surface area contributed by atoms with E-state index in [0.29, 0.717) is 10.8 Å². The lowest BCUT2D eigenvalue weighted by molar-refractivity contribution is 0.0939. The summed E-state index contributed by atoms with van der Waals surface area (Å²) in [6, 6.07) is 17.3. The van der Waals surface area contributed by atoms with E-state index in [4.69, 9.17) is 12.2 Å². The van der Waals surface area contributed by atoms with Crippen LogP contribution in [0.25, 0.3) is 10.9 Å². The summed E-state index contributed by atoms with van der Waals surface area (Å²) in [4.78, 5) is 15.4. The number of rotatable bonds is 2. The zero-order valence-corrected chi connectivity index (χ0v) is 13.3. The van der Waals surface area contributed by atoms with Crippen LogP contribution in [0, 0.1) is 6.92 Å². The number of hydrogen-bond donors (Lipinski definition) is 4. The number of carbonyl (C=O) groups excluding carboxylic acids is 1. The van der Waals surface area contributed by atoms with Crippen molar-refractivity contribution in [3.8, 4) is 0 Å². The number of anilines is 1.